The van der Waals surface area contributed by atoms with Gasteiger partial charge in [-0.05, 0) is 31.4 Å². The molecule has 1 amide bonds. The Morgan fingerprint density at radius 2 is 2.03 bits per heavy atom. The summed E-state index contributed by atoms with van der Waals surface area (Å²) in [6, 6.07) is 15.1. The Bertz CT molecular complexity index is 1060. The minimum Gasteiger partial charge on any atom is -0.494 e. The van der Waals surface area contributed by atoms with E-state index in [-0.39, 0.29) is 5.91 Å². The Balaban J connectivity index is 1.93. The molecule has 0 spiro atoms. The van der Waals surface area contributed by atoms with Crippen LogP contribution in [-0.4, -0.2) is 34.0 Å². The molecule has 148 valence electrons. The van der Waals surface area contributed by atoms with Crippen LogP contribution in [0, 0.1) is 0 Å². The Morgan fingerprint density at radius 3 is 2.79 bits per heavy atom. The van der Waals surface area contributed by atoms with Gasteiger partial charge in [-0.15, -0.1) is 10.2 Å². The van der Waals surface area contributed by atoms with Crippen molar-refractivity contribution in [2.75, 3.05) is 17.8 Å². The highest BCUT2D eigenvalue weighted by Gasteiger charge is 2.34. The highest BCUT2D eigenvalue weighted by molar-refractivity contribution is 7.98. The normalized spacial score (nSPS) is 15.0. The van der Waals surface area contributed by atoms with Gasteiger partial charge in [0.15, 0.2) is 5.69 Å². The lowest BCUT2D eigenvalue weighted by atomic mass is 10.1. The fourth-order valence-electron chi connectivity index (χ4n) is 3.28. The van der Waals surface area contributed by atoms with E-state index in [4.69, 9.17) is 9.47 Å². The van der Waals surface area contributed by atoms with E-state index in [0.29, 0.717) is 34.8 Å². The Kier molecular flexibility index (Phi) is 5.35. The third-order valence-electron chi connectivity index (χ3n) is 4.49. The summed E-state index contributed by atoms with van der Waals surface area (Å²) in [6.45, 7) is 3.99. The van der Waals surface area contributed by atoms with Crippen molar-refractivity contribution in [2.24, 2.45) is 0 Å². The molecule has 3 aromatic rings. The number of carbonyl (C=O) groups excluding carboxylic acids is 1. The van der Waals surface area contributed by atoms with Crippen molar-refractivity contribution in [3.63, 3.8) is 0 Å². The zero-order valence-electron chi connectivity index (χ0n) is 16.3. The van der Waals surface area contributed by atoms with E-state index in [0.717, 1.165) is 11.1 Å². The van der Waals surface area contributed by atoms with E-state index in [1.807, 2.05) is 61.7 Å². The molecule has 0 aliphatic carbocycles. The molecule has 2 heterocycles. The summed E-state index contributed by atoms with van der Waals surface area (Å²) in [6.07, 6.45) is 1.15. The van der Waals surface area contributed by atoms with Gasteiger partial charge >= 0.3 is 0 Å². The molecule has 1 aliphatic rings. The molecule has 1 atom stereocenters. The van der Waals surface area contributed by atoms with Crippen LogP contribution in [0.25, 0.3) is 11.3 Å². The van der Waals surface area contributed by atoms with E-state index >= 15 is 0 Å². The number of anilines is 1. The molecule has 4 rings (SSSR count). The number of thioether (sulfide) groups is 1. The van der Waals surface area contributed by atoms with E-state index < -0.39 is 6.23 Å². The molecule has 2 aromatic carbocycles. The summed E-state index contributed by atoms with van der Waals surface area (Å²) >= 11 is 1.38. The van der Waals surface area contributed by atoms with Gasteiger partial charge in [0.05, 0.1) is 12.3 Å². The summed E-state index contributed by atoms with van der Waals surface area (Å²) in [4.78, 5) is 18.9. The van der Waals surface area contributed by atoms with Crippen molar-refractivity contribution in [3.8, 4) is 22.9 Å². The average Bonchev–Trinajstić information content (AvgIpc) is 2.88. The van der Waals surface area contributed by atoms with Crippen LogP contribution in [0.5, 0.6) is 11.6 Å². The number of ether oxygens (including phenoxy) is 2. The molecule has 0 bridgehead atoms. The molecule has 0 saturated heterocycles. The molecule has 0 saturated carbocycles. The van der Waals surface area contributed by atoms with Gasteiger partial charge in [-0.3, -0.25) is 9.69 Å². The fourth-order valence-corrected chi connectivity index (χ4v) is 3.58. The maximum atomic E-state index is 12.7. The van der Waals surface area contributed by atoms with Crippen molar-refractivity contribution in [1.82, 2.24) is 15.2 Å². The first-order chi connectivity index (χ1) is 14.1. The van der Waals surface area contributed by atoms with Gasteiger partial charge < -0.3 is 9.47 Å². The molecule has 0 N–H and O–H groups in total. The average molecular weight is 408 g/mol. The lowest BCUT2D eigenvalue weighted by Gasteiger charge is -2.30. The number of aromatic nitrogens is 3. The van der Waals surface area contributed by atoms with Crippen molar-refractivity contribution in [2.45, 2.75) is 25.2 Å². The number of fused-ring (bicyclic) bond motifs is 3. The van der Waals surface area contributed by atoms with Crippen LogP contribution in [0.2, 0.25) is 0 Å². The zero-order valence-corrected chi connectivity index (χ0v) is 17.1. The van der Waals surface area contributed by atoms with Gasteiger partial charge in [0.2, 0.25) is 23.2 Å². The van der Waals surface area contributed by atoms with Gasteiger partial charge in [0, 0.05) is 18.1 Å². The third kappa shape index (κ3) is 3.63. The van der Waals surface area contributed by atoms with Crippen LogP contribution in [0.3, 0.4) is 0 Å². The lowest BCUT2D eigenvalue weighted by molar-refractivity contribution is -0.118. The molecule has 8 heteroatoms. The molecule has 1 aliphatic heterocycles. The summed E-state index contributed by atoms with van der Waals surface area (Å²) in [5.41, 5.74) is 2.72. The van der Waals surface area contributed by atoms with Crippen LogP contribution in [0.15, 0.2) is 53.7 Å². The van der Waals surface area contributed by atoms with E-state index in [1.165, 1.54) is 18.7 Å². The monoisotopic (exact) mass is 408 g/mol. The number of hydrogen-bond donors (Lipinski definition) is 0. The molecule has 29 heavy (non-hydrogen) atoms. The number of nitrogens with zero attached hydrogens (tertiary/aromatic N) is 4. The van der Waals surface area contributed by atoms with Gasteiger partial charge in [-0.1, -0.05) is 42.1 Å². The number of rotatable bonds is 4. The number of benzene rings is 2. The molecule has 0 fully saturated rings. The zero-order chi connectivity index (χ0) is 20.4. The van der Waals surface area contributed by atoms with E-state index in [9.17, 15) is 4.79 Å². The van der Waals surface area contributed by atoms with Gasteiger partial charge in [0.25, 0.3) is 0 Å². The van der Waals surface area contributed by atoms with Gasteiger partial charge in [-0.2, -0.15) is 4.98 Å². The maximum absolute atomic E-state index is 12.7. The molecular weight excluding hydrogens is 388 g/mol. The predicted octanol–water partition coefficient (Wildman–Crippen LogP) is 4.10. The predicted molar refractivity (Wildman–Crippen MR) is 111 cm³/mol. The fraction of sp³-hybridized carbons (Fsp3) is 0.238. The van der Waals surface area contributed by atoms with Crippen LogP contribution in [0.1, 0.15) is 25.6 Å². The van der Waals surface area contributed by atoms with Crippen LogP contribution in [0.4, 0.5) is 5.69 Å². The van der Waals surface area contributed by atoms with E-state index in [1.54, 1.807) is 4.90 Å². The molecule has 0 unspecified atom stereocenters. The summed E-state index contributed by atoms with van der Waals surface area (Å²) in [7, 11) is 0. The standard InChI is InChI=1S/C21H20N4O3S/c1-4-27-15-9-7-8-14(12-15)20-25(13(2)26)17-11-6-5-10-16(17)18-19(28-20)22-21(29-3)24-23-18/h5-12,20H,4H2,1-3H3/t20-/m0/s1. The second kappa shape index (κ2) is 8.08. The first-order valence-corrected chi connectivity index (χ1v) is 10.4. The van der Waals surface area contributed by atoms with Gasteiger partial charge in [-0.25, -0.2) is 0 Å². The minimum absolute atomic E-state index is 0.157. The SMILES string of the molecule is CCOc1cccc([C@@H]2Oc3nc(SC)nnc3-c3ccccc3N2C(C)=O)c1. The first kappa shape index (κ1) is 19.2. The third-order valence-corrected chi connectivity index (χ3v) is 5.03. The second-order valence-corrected chi connectivity index (χ2v) is 7.11. The minimum atomic E-state index is -0.721. The smallest absolute Gasteiger partial charge is 0.247 e. The lowest BCUT2D eigenvalue weighted by Crippen LogP contribution is -2.36. The first-order valence-electron chi connectivity index (χ1n) is 9.19. The Morgan fingerprint density at radius 1 is 1.21 bits per heavy atom. The largest absolute Gasteiger partial charge is 0.494 e. The quantitative estimate of drug-likeness (QED) is 0.601. The summed E-state index contributed by atoms with van der Waals surface area (Å²) in [5.74, 6) is 0.892. The number of hydrogen-bond acceptors (Lipinski definition) is 7. The second-order valence-electron chi connectivity index (χ2n) is 6.33. The van der Waals surface area contributed by atoms with Crippen LogP contribution in [-0.2, 0) is 4.79 Å². The van der Waals surface area contributed by atoms with Crippen LogP contribution < -0.4 is 14.4 Å². The highest BCUT2D eigenvalue weighted by atomic mass is 32.2. The highest BCUT2D eigenvalue weighted by Crippen LogP contribution is 2.43. The number of para-hydroxylation sites is 1. The Hall–Kier alpha value is -3.13. The van der Waals surface area contributed by atoms with E-state index in [2.05, 4.69) is 15.2 Å². The van der Waals surface area contributed by atoms with Crippen molar-refractivity contribution < 1.29 is 14.3 Å². The van der Waals surface area contributed by atoms with Crippen molar-refractivity contribution >= 4 is 23.4 Å². The maximum Gasteiger partial charge on any atom is 0.247 e. The Labute approximate surface area is 173 Å². The number of carbonyl (C=O) groups is 1. The number of amides is 1. The van der Waals surface area contributed by atoms with Crippen molar-refractivity contribution in [3.05, 3.63) is 54.1 Å². The van der Waals surface area contributed by atoms with Crippen LogP contribution >= 0.6 is 11.8 Å². The molecular formula is C21H20N4O3S. The van der Waals surface area contributed by atoms with Crippen molar-refractivity contribution in [1.29, 1.82) is 0 Å². The molecule has 1 aromatic heterocycles. The summed E-state index contributed by atoms with van der Waals surface area (Å²) < 4.78 is 11.9. The molecule has 7 nitrogen and oxygen atoms in total. The van der Waals surface area contributed by atoms with Gasteiger partial charge in [0.1, 0.15) is 5.75 Å². The summed E-state index contributed by atoms with van der Waals surface area (Å²) in [5, 5.41) is 8.99. The topological polar surface area (TPSA) is 77.4 Å². The molecule has 0 radical (unpaired) electrons.